The molecule has 20 heavy (non-hydrogen) atoms. The van der Waals surface area contributed by atoms with Gasteiger partial charge in [-0.3, -0.25) is 0 Å². The summed E-state index contributed by atoms with van der Waals surface area (Å²) in [5.74, 6) is 0.613. The molecular formula is C16H17ClFNO. The van der Waals surface area contributed by atoms with Crippen molar-refractivity contribution in [2.24, 2.45) is 0 Å². The molecule has 0 fully saturated rings. The van der Waals surface area contributed by atoms with Gasteiger partial charge >= 0.3 is 0 Å². The van der Waals surface area contributed by atoms with Gasteiger partial charge in [-0.1, -0.05) is 37.6 Å². The van der Waals surface area contributed by atoms with Crippen LogP contribution in [0.3, 0.4) is 0 Å². The van der Waals surface area contributed by atoms with E-state index in [0.29, 0.717) is 22.6 Å². The molecule has 0 aliphatic heterocycles. The van der Waals surface area contributed by atoms with Crippen LogP contribution in [-0.4, -0.2) is 6.04 Å². The van der Waals surface area contributed by atoms with E-state index < -0.39 is 0 Å². The summed E-state index contributed by atoms with van der Waals surface area (Å²) >= 11 is 6.19. The van der Waals surface area contributed by atoms with Gasteiger partial charge in [0.2, 0.25) is 0 Å². The van der Waals surface area contributed by atoms with E-state index in [-0.39, 0.29) is 5.82 Å². The minimum atomic E-state index is -0.337. The van der Waals surface area contributed by atoms with E-state index >= 15 is 0 Å². The molecule has 0 radical (unpaired) electrons. The number of benzene rings is 2. The molecule has 2 aromatic rings. The fourth-order valence-electron chi connectivity index (χ4n) is 1.72. The van der Waals surface area contributed by atoms with Crippen molar-refractivity contribution in [3.05, 3.63) is 58.9 Å². The van der Waals surface area contributed by atoms with Crippen LogP contribution in [-0.2, 0) is 6.54 Å². The number of ether oxygens (including phenoxy) is 1. The SMILES string of the molecule is CC(C)NCc1ccc(Oc2cccc(F)c2)c(Cl)c1. The third-order valence-electron chi connectivity index (χ3n) is 2.73. The second kappa shape index (κ2) is 6.73. The van der Waals surface area contributed by atoms with Gasteiger partial charge in [-0.15, -0.1) is 0 Å². The molecule has 1 N–H and O–H groups in total. The first-order chi connectivity index (χ1) is 9.54. The van der Waals surface area contributed by atoms with Crippen molar-refractivity contribution in [2.45, 2.75) is 26.4 Å². The lowest BCUT2D eigenvalue weighted by molar-refractivity contribution is 0.476. The molecule has 0 aromatic heterocycles. The summed E-state index contributed by atoms with van der Waals surface area (Å²) in [5.41, 5.74) is 1.08. The number of rotatable bonds is 5. The smallest absolute Gasteiger partial charge is 0.146 e. The molecule has 2 aromatic carbocycles. The van der Waals surface area contributed by atoms with Gasteiger partial charge in [-0.2, -0.15) is 0 Å². The highest BCUT2D eigenvalue weighted by Gasteiger charge is 2.06. The first-order valence-corrected chi connectivity index (χ1v) is 6.87. The highest BCUT2D eigenvalue weighted by atomic mass is 35.5. The molecule has 0 atom stereocenters. The lowest BCUT2D eigenvalue weighted by Gasteiger charge is -2.11. The molecule has 106 valence electrons. The Hall–Kier alpha value is -1.58. The van der Waals surface area contributed by atoms with Crippen LogP contribution in [0.15, 0.2) is 42.5 Å². The maximum Gasteiger partial charge on any atom is 0.146 e. The minimum absolute atomic E-state index is 0.337. The topological polar surface area (TPSA) is 21.3 Å². The van der Waals surface area contributed by atoms with E-state index in [9.17, 15) is 4.39 Å². The zero-order chi connectivity index (χ0) is 14.5. The predicted molar refractivity (Wildman–Crippen MR) is 79.9 cm³/mol. The monoisotopic (exact) mass is 293 g/mol. The van der Waals surface area contributed by atoms with E-state index in [4.69, 9.17) is 16.3 Å². The molecule has 0 amide bonds. The van der Waals surface area contributed by atoms with Crippen LogP contribution in [0.25, 0.3) is 0 Å². The van der Waals surface area contributed by atoms with Crippen LogP contribution in [0.1, 0.15) is 19.4 Å². The largest absolute Gasteiger partial charge is 0.456 e. The zero-order valence-electron chi connectivity index (χ0n) is 11.5. The second-order valence-electron chi connectivity index (χ2n) is 4.86. The van der Waals surface area contributed by atoms with Gasteiger partial charge in [-0.05, 0) is 29.8 Å². The Balaban J connectivity index is 2.09. The van der Waals surface area contributed by atoms with E-state index in [2.05, 4.69) is 19.2 Å². The van der Waals surface area contributed by atoms with Crippen molar-refractivity contribution < 1.29 is 9.13 Å². The molecule has 0 saturated carbocycles. The molecule has 4 heteroatoms. The van der Waals surface area contributed by atoms with Crippen molar-refractivity contribution in [1.82, 2.24) is 5.32 Å². The lowest BCUT2D eigenvalue weighted by Crippen LogP contribution is -2.21. The number of halogens is 2. The van der Waals surface area contributed by atoms with Gasteiger partial charge < -0.3 is 10.1 Å². The van der Waals surface area contributed by atoms with Crippen LogP contribution in [0, 0.1) is 5.82 Å². The Morgan fingerprint density at radius 2 is 2.00 bits per heavy atom. The Bertz CT molecular complexity index is 586. The van der Waals surface area contributed by atoms with E-state index in [1.165, 1.54) is 12.1 Å². The molecule has 2 nitrogen and oxygen atoms in total. The molecule has 0 aliphatic carbocycles. The van der Waals surface area contributed by atoms with E-state index in [1.807, 2.05) is 12.1 Å². The predicted octanol–water partition coefficient (Wildman–Crippen LogP) is 4.77. The quantitative estimate of drug-likeness (QED) is 0.857. The van der Waals surface area contributed by atoms with Crippen molar-refractivity contribution in [3.8, 4) is 11.5 Å². The summed E-state index contributed by atoms with van der Waals surface area (Å²) in [5, 5.41) is 3.83. The van der Waals surface area contributed by atoms with Gasteiger partial charge in [0.05, 0.1) is 5.02 Å². The number of nitrogens with one attached hydrogen (secondary N) is 1. The standard InChI is InChI=1S/C16H17ClFNO/c1-11(2)19-10-12-6-7-16(15(17)8-12)20-14-5-3-4-13(18)9-14/h3-9,11,19H,10H2,1-2H3. The number of hydrogen-bond donors (Lipinski definition) is 1. The van der Waals surface area contributed by atoms with Gasteiger partial charge in [0.1, 0.15) is 17.3 Å². The van der Waals surface area contributed by atoms with Crippen LogP contribution < -0.4 is 10.1 Å². The van der Waals surface area contributed by atoms with Crippen molar-refractivity contribution in [2.75, 3.05) is 0 Å². The first kappa shape index (κ1) is 14.8. The fourth-order valence-corrected chi connectivity index (χ4v) is 1.96. The highest BCUT2D eigenvalue weighted by molar-refractivity contribution is 6.32. The molecule has 2 rings (SSSR count). The van der Waals surface area contributed by atoms with Crippen LogP contribution in [0.5, 0.6) is 11.5 Å². The summed E-state index contributed by atoms with van der Waals surface area (Å²) in [6.07, 6.45) is 0. The summed E-state index contributed by atoms with van der Waals surface area (Å²) in [6, 6.07) is 12.0. The molecule has 0 saturated heterocycles. The first-order valence-electron chi connectivity index (χ1n) is 6.50. The van der Waals surface area contributed by atoms with Crippen LogP contribution in [0.4, 0.5) is 4.39 Å². The molecule has 0 aliphatic rings. The van der Waals surface area contributed by atoms with Gasteiger partial charge in [0.15, 0.2) is 0 Å². The minimum Gasteiger partial charge on any atom is -0.456 e. The molecule has 0 bridgehead atoms. The summed E-state index contributed by atoms with van der Waals surface area (Å²) < 4.78 is 18.7. The second-order valence-corrected chi connectivity index (χ2v) is 5.27. The number of hydrogen-bond acceptors (Lipinski definition) is 2. The average molecular weight is 294 g/mol. The fraction of sp³-hybridized carbons (Fsp3) is 0.250. The summed E-state index contributed by atoms with van der Waals surface area (Å²) in [7, 11) is 0. The maximum atomic E-state index is 13.1. The van der Waals surface area contributed by atoms with Crippen LogP contribution in [0.2, 0.25) is 5.02 Å². The van der Waals surface area contributed by atoms with E-state index in [0.717, 1.165) is 12.1 Å². The van der Waals surface area contributed by atoms with Crippen LogP contribution >= 0.6 is 11.6 Å². The molecule has 0 spiro atoms. The van der Waals surface area contributed by atoms with E-state index in [1.54, 1.807) is 18.2 Å². The summed E-state index contributed by atoms with van der Waals surface area (Å²) in [4.78, 5) is 0. The molecule has 0 heterocycles. The average Bonchev–Trinajstić information content (AvgIpc) is 2.39. The summed E-state index contributed by atoms with van der Waals surface area (Å²) in [6.45, 7) is 4.92. The van der Waals surface area contributed by atoms with Gasteiger partial charge in [-0.25, -0.2) is 4.39 Å². The van der Waals surface area contributed by atoms with Gasteiger partial charge in [0, 0.05) is 18.7 Å². The normalized spacial score (nSPS) is 10.8. The Morgan fingerprint density at radius 1 is 1.20 bits per heavy atom. The third-order valence-corrected chi connectivity index (χ3v) is 3.03. The third kappa shape index (κ3) is 4.22. The Morgan fingerprint density at radius 3 is 2.65 bits per heavy atom. The zero-order valence-corrected chi connectivity index (χ0v) is 12.2. The molecular weight excluding hydrogens is 277 g/mol. The Labute approximate surface area is 123 Å². The molecule has 0 unspecified atom stereocenters. The van der Waals surface area contributed by atoms with Crippen molar-refractivity contribution in [3.63, 3.8) is 0 Å². The van der Waals surface area contributed by atoms with Crippen molar-refractivity contribution >= 4 is 11.6 Å². The maximum absolute atomic E-state index is 13.1. The Kier molecular flexibility index (Phi) is 4.99. The highest BCUT2D eigenvalue weighted by Crippen LogP contribution is 2.30. The lowest BCUT2D eigenvalue weighted by atomic mass is 10.2. The van der Waals surface area contributed by atoms with Gasteiger partial charge in [0.25, 0.3) is 0 Å². The van der Waals surface area contributed by atoms with Crippen molar-refractivity contribution in [1.29, 1.82) is 0 Å².